The van der Waals surface area contributed by atoms with Crippen molar-refractivity contribution in [3.8, 4) is 5.75 Å². The van der Waals surface area contributed by atoms with E-state index < -0.39 is 5.97 Å². The number of carboxylic acids is 1. The summed E-state index contributed by atoms with van der Waals surface area (Å²) in [6, 6.07) is 7.31. The van der Waals surface area contributed by atoms with Gasteiger partial charge in [-0.25, -0.2) is 0 Å². The molecule has 0 aliphatic carbocycles. The number of piperidine rings is 1. The standard InChI is InChI=1S/C14H19NO3/c1-14(7-2-8-15-10-14)18-12-5-3-11(4-6-12)9-13(16)17/h3-6,15H,2,7-10H2,1H3,(H,16,17). The smallest absolute Gasteiger partial charge is 0.307 e. The van der Waals surface area contributed by atoms with Crippen molar-refractivity contribution in [3.05, 3.63) is 29.8 Å². The van der Waals surface area contributed by atoms with E-state index in [1.807, 2.05) is 24.3 Å². The van der Waals surface area contributed by atoms with Crippen LogP contribution in [0.4, 0.5) is 0 Å². The fourth-order valence-corrected chi connectivity index (χ4v) is 2.25. The summed E-state index contributed by atoms with van der Waals surface area (Å²) in [4.78, 5) is 10.6. The highest BCUT2D eigenvalue weighted by atomic mass is 16.5. The molecule has 0 bridgehead atoms. The number of ether oxygens (including phenoxy) is 1. The SMILES string of the molecule is CC1(Oc2ccc(CC(=O)O)cc2)CCCNC1. The molecule has 1 aliphatic rings. The average molecular weight is 249 g/mol. The molecule has 0 aromatic heterocycles. The predicted octanol–water partition coefficient (Wildman–Crippen LogP) is 1.83. The van der Waals surface area contributed by atoms with E-state index in [1.54, 1.807) is 0 Å². The molecule has 4 nitrogen and oxygen atoms in total. The lowest BCUT2D eigenvalue weighted by atomic mass is 9.96. The third-order valence-corrected chi connectivity index (χ3v) is 3.20. The Kier molecular flexibility index (Phi) is 3.87. The molecule has 0 saturated carbocycles. The average Bonchev–Trinajstić information content (AvgIpc) is 2.31. The van der Waals surface area contributed by atoms with Crippen LogP contribution in [0.15, 0.2) is 24.3 Å². The second-order valence-electron chi connectivity index (χ2n) is 5.05. The predicted molar refractivity (Wildman–Crippen MR) is 68.9 cm³/mol. The van der Waals surface area contributed by atoms with Gasteiger partial charge in [0.1, 0.15) is 11.4 Å². The molecule has 2 N–H and O–H groups in total. The molecule has 1 aromatic rings. The second-order valence-corrected chi connectivity index (χ2v) is 5.05. The maximum Gasteiger partial charge on any atom is 0.307 e. The first-order valence-corrected chi connectivity index (χ1v) is 6.28. The van der Waals surface area contributed by atoms with Crippen LogP contribution in [0.3, 0.4) is 0 Å². The summed E-state index contributed by atoms with van der Waals surface area (Å²) in [5, 5.41) is 12.0. The van der Waals surface area contributed by atoms with Crippen LogP contribution >= 0.6 is 0 Å². The summed E-state index contributed by atoms with van der Waals surface area (Å²) in [5.74, 6) is -0.0116. The minimum absolute atomic E-state index is 0.0547. The maximum atomic E-state index is 10.6. The first-order chi connectivity index (χ1) is 8.57. The normalized spacial score (nSPS) is 23.6. The van der Waals surface area contributed by atoms with Gasteiger partial charge in [-0.3, -0.25) is 4.79 Å². The lowest BCUT2D eigenvalue weighted by molar-refractivity contribution is -0.136. The minimum Gasteiger partial charge on any atom is -0.486 e. The monoisotopic (exact) mass is 249 g/mol. The van der Waals surface area contributed by atoms with E-state index >= 15 is 0 Å². The van der Waals surface area contributed by atoms with Gasteiger partial charge in [0, 0.05) is 6.54 Å². The van der Waals surface area contributed by atoms with E-state index in [-0.39, 0.29) is 12.0 Å². The lowest BCUT2D eigenvalue weighted by Gasteiger charge is -2.34. The number of hydrogen-bond donors (Lipinski definition) is 2. The molecule has 2 rings (SSSR count). The molecule has 1 atom stereocenters. The number of benzene rings is 1. The van der Waals surface area contributed by atoms with Gasteiger partial charge in [-0.2, -0.15) is 0 Å². The fourth-order valence-electron chi connectivity index (χ4n) is 2.25. The van der Waals surface area contributed by atoms with Gasteiger partial charge in [-0.15, -0.1) is 0 Å². The zero-order valence-corrected chi connectivity index (χ0v) is 10.6. The van der Waals surface area contributed by atoms with E-state index in [1.165, 1.54) is 0 Å². The van der Waals surface area contributed by atoms with Crippen molar-refractivity contribution >= 4 is 5.97 Å². The van der Waals surface area contributed by atoms with Crippen molar-refractivity contribution in [3.63, 3.8) is 0 Å². The molecule has 1 fully saturated rings. The van der Waals surface area contributed by atoms with Crippen LogP contribution in [-0.4, -0.2) is 29.8 Å². The van der Waals surface area contributed by atoms with E-state index in [2.05, 4.69) is 12.2 Å². The fraction of sp³-hybridized carbons (Fsp3) is 0.500. The minimum atomic E-state index is -0.813. The molecule has 0 spiro atoms. The molecule has 1 heterocycles. The Balaban J connectivity index is 1.99. The van der Waals surface area contributed by atoms with Crippen LogP contribution < -0.4 is 10.1 Å². The van der Waals surface area contributed by atoms with Crippen molar-refractivity contribution in [2.45, 2.75) is 31.8 Å². The third-order valence-electron chi connectivity index (χ3n) is 3.20. The van der Waals surface area contributed by atoms with Crippen molar-refractivity contribution in [2.24, 2.45) is 0 Å². The first-order valence-electron chi connectivity index (χ1n) is 6.28. The first kappa shape index (κ1) is 12.9. The Bertz CT molecular complexity index is 408. The number of nitrogens with one attached hydrogen (secondary N) is 1. The van der Waals surface area contributed by atoms with Crippen molar-refractivity contribution in [1.82, 2.24) is 5.32 Å². The Morgan fingerprint density at radius 3 is 2.72 bits per heavy atom. The third kappa shape index (κ3) is 3.47. The molecule has 18 heavy (non-hydrogen) atoms. The van der Waals surface area contributed by atoms with Gasteiger partial charge in [0.05, 0.1) is 6.42 Å². The molecule has 4 heteroatoms. The van der Waals surface area contributed by atoms with E-state index in [0.29, 0.717) is 0 Å². The van der Waals surface area contributed by atoms with Crippen LogP contribution in [0, 0.1) is 0 Å². The van der Waals surface area contributed by atoms with E-state index in [4.69, 9.17) is 9.84 Å². The Morgan fingerprint density at radius 2 is 2.17 bits per heavy atom. The highest BCUT2D eigenvalue weighted by Crippen LogP contribution is 2.24. The van der Waals surface area contributed by atoms with E-state index in [0.717, 1.165) is 37.2 Å². The highest BCUT2D eigenvalue weighted by Gasteiger charge is 2.28. The molecular weight excluding hydrogens is 230 g/mol. The molecule has 1 saturated heterocycles. The Labute approximate surface area is 107 Å². The second kappa shape index (κ2) is 5.40. The Hall–Kier alpha value is -1.55. The molecule has 1 aromatic carbocycles. The topological polar surface area (TPSA) is 58.6 Å². The summed E-state index contributed by atoms with van der Waals surface area (Å²) in [6.07, 6.45) is 2.21. The van der Waals surface area contributed by atoms with Gasteiger partial charge in [-0.1, -0.05) is 12.1 Å². The van der Waals surface area contributed by atoms with Crippen LogP contribution in [-0.2, 0) is 11.2 Å². The molecule has 1 aliphatic heterocycles. The molecule has 1 unspecified atom stereocenters. The summed E-state index contributed by atoms with van der Waals surface area (Å²) in [5.41, 5.74) is 0.633. The summed E-state index contributed by atoms with van der Waals surface area (Å²) >= 11 is 0. The zero-order chi connectivity index (χ0) is 13.0. The van der Waals surface area contributed by atoms with Gasteiger partial charge >= 0.3 is 5.97 Å². The van der Waals surface area contributed by atoms with Gasteiger partial charge in [-0.05, 0) is 44.0 Å². The van der Waals surface area contributed by atoms with Gasteiger partial charge < -0.3 is 15.2 Å². The van der Waals surface area contributed by atoms with Gasteiger partial charge in [0.15, 0.2) is 0 Å². The van der Waals surface area contributed by atoms with Crippen molar-refractivity contribution in [2.75, 3.05) is 13.1 Å². The number of hydrogen-bond acceptors (Lipinski definition) is 3. The number of aliphatic carboxylic acids is 1. The molecule has 98 valence electrons. The quantitative estimate of drug-likeness (QED) is 0.854. The molecule has 0 amide bonds. The van der Waals surface area contributed by atoms with Crippen LogP contribution in [0.1, 0.15) is 25.3 Å². The summed E-state index contributed by atoms with van der Waals surface area (Å²) in [6.45, 7) is 4.00. The van der Waals surface area contributed by atoms with Crippen LogP contribution in [0.5, 0.6) is 5.75 Å². The number of carbonyl (C=O) groups is 1. The van der Waals surface area contributed by atoms with Crippen LogP contribution in [0.25, 0.3) is 0 Å². The van der Waals surface area contributed by atoms with Crippen molar-refractivity contribution < 1.29 is 14.6 Å². The highest BCUT2D eigenvalue weighted by molar-refractivity contribution is 5.70. The van der Waals surface area contributed by atoms with Crippen molar-refractivity contribution in [1.29, 1.82) is 0 Å². The van der Waals surface area contributed by atoms with Gasteiger partial charge in [0.2, 0.25) is 0 Å². The molecule has 0 radical (unpaired) electrons. The zero-order valence-electron chi connectivity index (χ0n) is 10.6. The van der Waals surface area contributed by atoms with Crippen LogP contribution in [0.2, 0.25) is 0 Å². The summed E-state index contributed by atoms with van der Waals surface area (Å²) in [7, 11) is 0. The number of rotatable bonds is 4. The maximum absolute atomic E-state index is 10.6. The number of carboxylic acid groups (broad SMARTS) is 1. The molecular formula is C14H19NO3. The summed E-state index contributed by atoms with van der Waals surface area (Å²) < 4.78 is 5.99. The van der Waals surface area contributed by atoms with Gasteiger partial charge in [0.25, 0.3) is 0 Å². The largest absolute Gasteiger partial charge is 0.486 e. The Morgan fingerprint density at radius 1 is 1.44 bits per heavy atom. The lowest BCUT2D eigenvalue weighted by Crippen LogP contribution is -2.47. The van der Waals surface area contributed by atoms with E-state index in [9.17, 15) is 4.79 Å².